The van der Waals surface area contributed by atoms with E-state index in [0.29, 0.717) is 6.42 Å². The largest absolute Gasteiger partial charge is 0.300 e. The Morgan fingerprint density at radius 3 is 1.67 bits per heavy atom. The monoisotopic (exact) mass is 170 g/mol. The number of carbonyl (C=O) groups is 1. The predicted molar refractivity (Wildman–Crippen MR) is 57.3 cm³/mol. The Morgan fingerprint density at radius 2 is 1.58 bits per heavy atom. The Morgan fingerprint density at radius 1 is 1.25 bits per heavy atom. The standard InChI is InChI=1S/C5H6.C4H8O.2CH4/c1-2-4-5-3-1;1-3-4(2)5;;/h1-4H,5H2;3H2,1-2H3;2*1H4. The first-order valence-electron chi connectivity index (χ1n) is 3.58. The van der Waals surface area contributed by atoms with Gasteiger partial charge >= 0.3 is 0 Å². The summed E-state index contributed by atoms with van der Waals surface area (Å²) in [4.78, 5) is 9.81. The summed E-state index contributed by atoms with van der Waals surface area (Å²) in [6, 6.07) is 0. The summed E-state index contributed by atoms with van der Waals surface area (Å²) in [6.07, 6.45) is 10.2. The van der Waals surface area contributed by atoms with E-state index in [4.69, 9.17) is 0 Å². The lowest BCUT2D eigenvalue weighted by atomic mass is 10.4. The minimum atomic E-state index is 0. The Kier molecular flexibility index (Phi) is 18.4. The van der Waals surface area contributed by atoms with Crippen LogP contribution in [-0.4, -0.2) is 5.78 Å². The number of hydrogen-bond acceptors (Lipinski definition) is 1. The van der Waals surface area contributed by atoms with Crippen molar-refractivity contribution in [3.63, 3.8) is 0 Å². The van der Waals surface area contributed by atoms with Crippen molar-refractivity contribution < 1.29 is 4.79 Å². The molecule has 0 heterocycles. The first kappa shape index (κ1) is 17.3. The molecule has 1 rings (SSSR count). The van der Waals surface area contributed by atoms with Crippen molar-refractivity contribution in [3.8, 4) is 0 Å². The van der Waals surface area contributed by atoms with E-state index in [-0.39, 0.29) is 20.6 Å². The Balaban J connectivity index is -0.000000116. The van der Waals surface area contributed by atoms with E-state index in [1.807, 2.05) is 6.92 Å². The Labute approximate surface area is 77.2 Å². The summed E-state index contributed by atoms with van der Waals surface area (Å²) in [5, 5.41) is 0. The lowest BCUT2D eigenvalue weighted by Gasteiger charge is -1.71. The third kappa shape index (κ3) is 16.1. The highest BCUT2D eigenvalue weighted by molar-refractivity contribution is 5.74. The highest BCUT2D eigenvalue weighted by Crippen LogP contribution is 1.93. The summed E-state index contributed by atoms with van der Waals surface area (Å²) in [5.74, 6) is 0.255. The topological polar surface area (TPSA) is 17.1 Å². The fourth-order valence-electron chi connectivity index (χ4n) is 0.393. The molecule has 72 valence electrons. The van der Waals surface area contributed by atoms with Crippen LogP contribution in [0.3, 0.4) is 0 Å². The molecule has 0 fully saturated rings. The molecule has 0 aromatic rings. The average Bonchev–Trinajstić information content (AvgIpc) is 2.43. The van der Waals surface area contributed by atoms with Gasteiger partial charge in [0, 0.05) is 6.42 Å². The number of allylic oxidation sites excluding steroid dienone is 4. The number of ketones is 1. The maximum Gasteiger partial charge on any atom is 0.129 e. The first-order valence-corrected chi connectivity index (χ1v) is 3.58. The van der Waals surface area contributed by atoms with Gasteiger partial charge in [0.05, 0.1) is 0 Å². The second-order valence-corrected chi connectivity index (χ2v) is 2.15. The van der Waals surface area contributed by atoms with Crippen LogP contribution >= 0.6 is 0 Å². The molecule has 12 heavy (non-hydrogen) atoms. The highest BCUT2D eigenvalue weighted by atomic mass is 16.1. The number of rotatable bonds is 1. The maximum absolute atomic E-state index is 9.81. The summed E-state index contributed by atoms with van der Waals surface area (Å²) in [5.41, 5.74) is 0. The van der Waals surface area contributed by atoms with Crippen molar-refractivity contribution in [2.75, 3.05) is 0 Å². The summed E-state index contributed by atoms with van der Waals surface area (Å²) >= 11 is 0. The Hall–Kier alpha value is -0.850. The molecule has 0 saturated heterocycles. The van der Waals surface area contributed by atoms with Crippen LogP contribution in [0.4, 0.5) is 0 Å². The molecule has 0 amide bonds. The molecule has 0 saturated carbocycles. The molecule has 0 aromatic carbocycles. The van der Waals surface area contributed by atoms with Crippen LogP contribution in [0, 0.1) is 0 Å². The molecule has 0 unspecified atom stereocenters. The molecule has 0 radical (unpaired) electrons. The smallest absolute Gasteiger partial charge is 0.129 e. The third-order valence-corrected chi connectivity index (χ3v) is 1.15. The van der Waals surface area contributed by atoms with Crippen molar-refractivity contribution in [1.82, 2.24) is 0 Å². The van der Waals surface area contributed by atoms with Gasteiger partial charge in [0.25, 0.3) is 0 Å². The minimum Gasteiger partial charge on any atom is -0.300 e. The zero-order valence-electron chi connectivity index (χ0n) is 6.63. The van der Waals surface area contributed by atoms with E-state index >= 15 is 0 Å². The van der Waals surface area contributed by atoms with Gasteiger partial charge in [-0.05, 0) is 13.3 Å². The van der Waals surface area contributed by atoms with Gasteiger partial charge in [-0.15, -0.1) is 0 Å². The van der Waals surface area contributed by atoms with E-state index in [9.17, 15) is 4.79 Å². The van der Waals surface area contributed by atoms with Crippen LogP contribution < -0.4 is 0 Å². The van der Waals surface area contributed by atoms with Crippen LogP contribution in [0.15, 0.2) is 24.3 Å². The summed E-state index contributed by atoms with van der Waals surface area (Å²) in [7, 11) is 0. The molecule has 0 aliphatic heterocycles. The highest BCUT2D eigenvalue weighted by Gasteiger charge is 1.76. The summed E-state index contributed by atoms with van der Waals surface area (Å²) in [6.45, 7) is 3.43. The Bertz CT molecular complexity index is 133. The zero-order chi connectivity index (χ0) is 7.82. The van der Waals surface area contributed by atoms with Crippen LogP contribution in [0.2, 0.25) is 0 Å². The van der Waals surface area contributed by atoms with E-state index < -0.39 is 0 Å². The van der Waals surface area contributed by atoms with Gasteiger partial charge in [0.2, 0.25) is 0 Å². The lowest BCUT2D eigenvalue weighted by molar-refractivity contribution is -0.116. The van der Waals surface area contributed by atoms with Gasteiger partial charge in [0.15, 0.2) is 0 Å². The van der Waals surface area contributed by atoms with Gasteiger partial charge in [-0.1, -0.05) is 46.1 Å². The van der Waals surface area contributed by atoms with Gasteiger partial charge < -0.3 is 4.79 Å². The fourth-order valence-corrected chi connectivity index (χ4v) is 0.393. The normalized spacial score (nSPS) is 10.5. The van der Waals surface area contributed by atoms with Crippen molar-refractivity contribution in [2.24, 2.45) is 0 Å². The van der Waals surface area contributed by atoms with Gasteiger partial charge in [-0.25, -0.2) is 0 Å². The molecule has 0 N–H and O–H groups in total. The van der Waals surface area contributed by atoms with Crippen molar-refractivity contribution >= 4 is 5.78 Å². The molecular formula is C11H22O. The number of carbonyl (C=O) groups excluding carboxylic acids is 1. The van der Waals surface area contributed by atoms with Gasteiger partial charge in [-0.3, -0.25) is 0 Å². The molecule has 1 nitrogen and oxygen atoms in total. The fraction of sp³-hybridized carbons (Fsp3) is 0.545. The van der Waals surface area contributed by atoms with Crippen LogP contribution in [-0.2, 0) is 4.79 Å². The number of hydrogen-bond donors (Lipinski definition) is 0. The first-order chi connectivity index (χ1) is 4.77. The van der Waals surface area contributed by atoms with Crippen molar-refractivity contribution in [3.05, 3.63) is 24.3 Å². The van der Waals surface area contributed by atoms with Crippen LogP contribution in [0.25, 0.3) is 0 Å². The van der Waals surface area contributed by atoms with Crippen LogP contribution in [0.1, 0.15) is 41.5 Å². The molecule has 0 bridgehead atoms. The SMILES string of the molecule is C.C.C1=CCC=C1.CCC(C)=O. The average molecular weight is 170 g/mol. The molecule has 0 spiro atoms. The molecule has 1 aliphatic carbocycles. The van der Waals surface area contributed by atoms with Gasteiger partial charge in [-0.2, -0.15) is 0 Å². The molecule has 0 atom stereocenters. The second kappa shape index (κ2) is 12.8. The van der Waals surface area contributed by atoms with E-state index in [2.05, 4.69) is 24.3 Å². The minimum absolute atomic E-state index is 0. The van der Waals surface area contributed by atoms with E-state index in [0.717, 1.165) is 6.42 Å². The third-order valence-electron chi connectivity index (χ3n) is 1.15. The van der Waals surface area contributed by atoms with Crippen LogP contribution in [0.5, 0.6) is 0 Å². The summed E-state index contributed by atoms with van der Waals surface area (Å²) < 4.78 is 0. The predicted octanol–water partition coefficient (Wildman–Crippen LogP) is 3.76. The molecule has 1 heteroatoms. The second-order valence-electron chi connectivity index (χ2n) is 2.15. The maximum atomic E-state index is 9.81. The van der Waals surface area contributed by atoms with E-state index in [1.165, 1.54) is 0 Å². The van der Waals surface area contributed by atoms with E-state index in [1.54, 1.807) is 6.92 Å². The number of Topliss-reactive ketones (excluding diaryl/α,β-unsaturated/α-hetero) is 1. The molecule has 0 aromatic heterocycles. The lowest BCUT2D eigenvalue weighted by Crippen LogP contribution is -1.80. The van der Waals surface area contributed by atoms with Crippen molar-refractivity contribution in [2.45, 2.75) is 41.5 Å². The molecular weight excluding hydrogens is 148 g/mol. The van der Waals surface area contributed by atoms with Crippen molar-refractivity contribution in [1.29, 1.82) is 0 Å². The zero-order valence-corrected chi connectivity index (χ0v) is 6.63. The van der Waals surface area contributed by atoms with Gasteiger partial charge in [0.1, 0.15) is 5.78 Å². The quantitative estimate of drug-likeness (QED) is 0.585. The molecule has 1 aliphatic rings.